The van der Waals surface area contributed by atoms with Gasteiger partial charge in [0.2, 0.25) is 5.91 Å². The van der Waals surface area contributed by atoms with Crippen LogP contribution in [0.15, 0.2) is 0 Å². The monoisotopic (exact) mass is 278 g/mol. The van der Waals surface area contributed by atoms with Gasteiger partial charge in [0.15, 0.2) is 9.84 Å². The maximum Gasteiger partial charge on any atom is 0.305 e. The first kappa shape index (κ1) is 14.9. The van der Waals surface area contributed by atoms with E-state index in [1.165, 1.54) is 4.90 Å². The van der Waals surface area contributed by atoms with Crippen molar-refractivity contribution in [1.29, 1.82) is 0 Å². The highest BCUT2D eigenvalue weighted by molar-refractivity contribution is 7.91. The zero-order chi connectivity index (χ0) is 13.9. The number of carboxylic acid groups (broad SMARTS) is 1. The van der Waals surface area contributed by atoms with Crippen LogP contribution in [0.1, 0.15) is 13.3 Å². The third-order valence-corrected chi connectivity index (χ3v) is 4.72. The quantitative estimate of drug-likeness (QED) is 0.662. The SMILES string of the molecule is CNC(C)C(=O)N1CCS(=O)(=O)CC1CC(=O)O. The number of amides is 1. The molecule has 0 saturated carbocycles. The number of nitrogens with one attached hydrogen (secondary N) is 1. The number of hydrogen-bond donors (Lipinski definition) is 2. The van der Waals surface area contributed by atoms with Gasteiger partial charge >= 0.3 is 5.97 Å². The topological polar surface area (TPSA) is 104 Å². The van der Waals surface area contributed by atoms with Crippen molar-refractivity contribution < 1.29 is 23.1 Å². The molecule has 1 amide bonds. The molecule has 1 aliphatic rings. The summed E-state index contributed by atoms with van der Waals surface area (Å²) in [7, 11) is -1.63. The van der Waals surface area contributed by atoms with Gasteiger partial charge in [-0.25, -0.2) is 8.42 Å². The van der Waals surface area contributed by atoms with Gasteiger partial charge in [-0.05, 0) is 14.0 Å². The van der Waals surface area contributed by atoms with Crippen LogP contribution in [0.25, 0.3) is 0 Å². The van der Waals surface area contributed by atoms with Crippen LogP contribution < -0.4 is 5.32 Å². The lowest BCUT2D eigenvalue weighted by atomic mass is 10.1. The Bertz CT molecular complexity index is 434. The Morgan fingerprint density at radius 1 is 1.50 bits per heavy atom. The third kappa shape index (κ3) is 3.67. The van der Waals surface area contributed by atoms with Gasteiger partial charge in [0.05, 0.1) is 30.0 Å². The van der Waals surface area contributed by atoms with Crippen molar-refractivity contribution in [3.05, 3.63) is 0 Å². The highest BCUT2D eigenvalue weighted by Crippen LogP contribution is 2.16. The summed E-state index contributed by atoms with van der Waals surface area (Å²) in [5.41, 5.74) is 0. The Balaban J connectivity index is 2.88. The van der Waals surface area contributed by atoms with Crippen molar-refractivity contribution in [3.8, 4) is 0 Å². The molecule has 0 aliphatic carbocycles. The van der Waals surface area contributed by atoms with Crippen molar-refractivity contribution in [2.45, 2.75) is 25.4 Å². The van der Waals surface area contributed by atoms with Gasteiger partial charge in [-0.15, -0.1) is 0 Å². The lowest BCUT2D eigenvalue weighted by Gasteiger charge is -2.36. The van der Waals surface area contributed by atoms with Gasteiger partial charge in [-0.1, -0.05) is 0 Å². The van der Waals surface area contributed by atoms with Crippen LogP contribution in [0.2, 0.25) is 0 Å². The highest BCUT2D eigenvalue weighted by atomic mass is 32.2. The Kier molecular flexibility index (Phi) is 4.69. The summed E-state index contributed by atoms with van der Waals surface area (Å²) in [6, 6.07) is -1.23. The van der Waals surface area contributed by atoms with E-state index in [9.17, 15) is 18.0 Å². The van der Waals surface area contributed by atoms with E-state index in [1.54, 1.807) is 14.0 Å². The molecule has 1 aliphatic heterocycles. The third-order valence-electron chi connectivity index (χ3n) is 3.03. The first-order valence-corrected chi connectivity index (χ1v) is 7.49. The molecular weight excluding hydrogens is 260 g/mol. The first-order valence-electron chi connectivity index (χ1n) is 5.67. The summed E-state index contributed by atoms with van der Waals surface area (Å²) >= 11 is 0. The van der Waals surface area contributed by atoms with Crippen molar-refractivity contribution in [3.63, 3.8) is 0 Å². The number of carboxylic acids is 1. The van der Waals surface area contributed by atoms with Crippen molar-refractivity contribution >= 4 is 21.7 Å². The summed E-state index contributed by atoms with van der Waals surface area (Å²) in [5.74, 6) is -1.75. The normalized spacial score (nSPS) is 24.6. The molecule has 0 aromatic rings. The van der Waals surface area contributed by atoms with E-state index in [-0.39, 0.29) is 30.4 Å². The number of rotatable bonds is 4. The van der Waals surface area contributed by atoms with Crippen LogP contribution in [0.5, 0.6) is 0 Å². The molecule has 0 radical (unpaired) electrons. The number of sulfone groups is 1. The van der Waals surface area contributed by atoms with Gasteiger partial charge in [0.25, 0.3) is 0 Å². The predicted octanol–water partition coefficient (Wildman–Crippen LogP) is -1.31. The van der Waals surface area contributed by atoms with E-state index >= 15 is 0 Å². The number of likely N-dealkylation sites (N-methyl/N-ethyl adjacent to an activating group) is 1. The van der Waals surface area contributed by atoms with E-state index in [0.717, 1.165) is 0 Å². The molecule has 18 heavy (non-hydrogen) atoms. The molecule has 0 aromatic heterocycles. The molecule has 7 nitrogen and oxygen atoms in total. The minimum absolute atomic E-state index is 0.0606. The molecule has 1 rings (SSSR count). The van der Waals surface area contributed by atoms with E-state index in [0.29, 0.717) is 0 Å². The Morgan fingerprint density at radius 3 is 2.61 bits per heavy atom. The van der Waals surface area contributed by atoms with Crippen molar-refractivity contribution in [2.75, 3.05) is 25.1 Å². The molecule has 2 unspecified atom stereocenters. The molecule has 0 bridgehead atoms. The average molecular weight is 278 g/mol. The largest absolute Gasteiger partial charge is 0.481 e. The minimum Gasteiger partial charge on any atom is -0.481 e. The Morgan fingerprint density at radius 2 is 2.11 bits per heavy atom. The number of hydrogen-bond acceptors (Lipinski definition) is 5. The molecule has 1 saturated heterocycles. The smallest absolute Gasteiger partial charge is 0.305 e. The molecule has 8 heteroatoms. The van der Waals surface area contributed by atoms with Crippen LogP contribution in [-0.2, 0) is 19.4 Å². The highest BCUT2D eigenvalue weighted by Gasteiger charge is 2.36. The van der Waals surface area contributed by atoms with E-state index in [4.69, 9.17) is 5.11 Å². The van der Waals surface area contributed by atoms with Gasteiger partial charge < -0.3 is 15.3 Å². The second kappa shape index (κ2) is 5.66. The maximum atomic E-state index is 12.0. The number of carbonyl (C=O) groups excluding carboxylic acids is 1. The average Bonchev–Trinajstić information content (AvgIpc) is 2.25. The fourth-order valence-corrected chi connectivity index (χ4v) is 3.45. The van der Waals surface area contributed by atoms with Gasteiger partial charge in [-0.3, -0.25) is 9.59 Å². The molecule has 1 fully saturated rings. The molecule has 104 valence electrons. The lowest BCUT2D eigenvalue weighted by molar-refractivity contribution is -0.141. The van der Waals surface area contributed by atoms with Gasteiger partial charge in [0.1, 0.15) is 0 Å². The minimum atomic E-state index is -3.25. The fraction of sp³-hybridized carbons (Fsp3) is 0.800. The molecule has 1 heterocycles. The molecular formula is C10H18N2O5S. The van der Waals surface area contributed by atoms with Crippen LogP contribution in [0, 0.1) is 0 Å². The van der Waals surface area contributed by atoms with Crippen molar-refractivity contribution in [1.82, 2.24) is 10.2 Å². The predicted molar refractivity (Wildman–Crippen MR) is 64.9 cm³/mol. The zero-order valence-electron chi connectivity index (χ0n) is 10.4. The van der Waals surface area contributed by atoms with Crippen LogP contribution in [-0.4, -0.2) is 67.5 Å². The molecule has 2 N–H and O–H groups in total. The van der Waals surface area contributed by atoms with Crippen LogP contribution in [0.4, 0.5) is 0 Å². The second-order valence-corrected chi connectivity index (χ2v) is 6.64. The van der Waals surface area contributed by atoms with E-state index in [2.05, 4.69) is 5.32 Å². The van der Waals surface area contributed by atoms with Gasteiger partial charge in [-0.2, -0.15) is 0 Å². The summed E-state index contributed by atoms with van der Waals surface area (Å²) in [4.78, 5) is 24.1. The summed E-state index contributed by atoms with van der Waals surface area (Å²) < 4.78 is 23.0. The van der Waals surface area contributed by atoms with Crippen LogP contribution in [0.3, 0.4) is 0 Å². The summed E-state index contributed by atoms with van der Waals surface area (Å²) in [6.07, 6.45) is -0.346. The Hall–Kier alpha value is -1.15. The zero-order valence-corrected chi connectivity index (χ0v) is 11.2. The summed E-state index contributed by atoms with van der Waals surface area (Å²) in [6.45, 7) is 1.72. The van der Waals surface area contributed by atoms with E-state index < -0.39 is 27.9 Å². The molecule has 0 spiro atoms. The van der Waals surface area contributed by atoms with Crippen LogP contribution >= 0.6 is 0 Å². The van der Waals surface area contributed by atoms with E-state index in [1.807, 2.05) is 0 Å². The second-order valence-electron chi connectivity index (χ2n) is 4.41. The molecule has 0 aromatic carbocycles. The number of nitrogens with zero attached hydrogens (tertiary/aromatic N) is 1. The number of carbonyl (C=O) groups is 2. The Labute approximate surface area is 106 Å². The molecule has 2 atom stereocenters. The van der Waals surface area contributed by atoms with Crippen molar-refractivity contribution in [2.24, 2.45) is 0 Å². The lowest BCUT2D eigenvalue weighted by Crippen LogP contribution is -2.56. The van der Waals surface area contributed by atoms with Gasteiger partial charge in [0, 0.05) is 6.54 Å². The standard InChI is InChI=1S/C10H18N2O5S/c1-7(11-2)10(15)12-3-4-18(16,17)6-8(12)5-9(13)14/h7-8,11H,3-6H2,1-2H3,(H,13,14). The fourth-order valence-electron chi connectivity index (χ4n) is 1.92. The number of aliphatic carboxylic acids is 1. The maximum absolute atomic E-state index is 12.0. The summed E-state index contributed by atoms with van der Waals surface area (Å²) in [5, 5.41) is 11.6. The first-order chi connectivity index (χ1) is 8.26.